The summed E-state index contributed by atoms with van der Waals surface area (Å²) in [5.74, 6) is 0.682. The molecule has 76 valence electrons. The number of allylic oxidation sites excluding steroid dienone is 4. The van der Waals surface area contributed by atoms with Crippen LogP contribution in [-0.4, -0.2) is 5.10 Å². The summed E-state index contributed by atoms with van der Waals surface area (Å²) in [5.41, 5.74) is 5.11. The lowest BCUT2D eigenvalue weighted by atomic mass is 9.97. The summed E-state index contributed by atoms with van der Waals surface area (Å²) in [5, 5.41) is 14.9. The van der Waals surface area contributed by atoms with Gasteiger partial charge in [0.25, 0.3) is 0 Å². The second kappa shape index (κ2) is 2.69. The summed E-state index contributed by atoms with van der Waals surface area (Å²) in [6, 6.07) is 0. The van der Waals surface area contributed by atoms with Crippen LogP contribution in [-0.2, 0) is 0 Å². The van der Waals surface area contributed by atoms with Crippen LogP contribution >= 0.6 is 0 Å². The van der Waals surface area contributed by atoms with Crippen LogP contribution in [0.25, 0.3) is 0 Å². The molecule has 0 aliphatic heterocycles. The molecule has 1 heterocycles. The Morgan fingerprint density at radius 1 is 1.27 bits per heavy atom. The van der Waals surface area contributed by atoms with E-state index in [1.165, 1.54) is 16.7 Å². The van der Waals surface area contributed by atoms with Crippen LogP contribution < -0.4 is 4.85 Å². The fourth-order valence-electron chi connectivity index (χ4n) is 2.73. The summed E-state index contributed by atoms with van der Waals surface area (Å²) in [6.07, 6.45) is 7.72. The second-order valence-electron chi connectivity index (χ2n) is 4.38. The van der Waals surface area contributed by atoms with Crippen LogP contribution in [0, 0.1) is 5.21 Å². The van der Waals surface area contributed by atoms with Crippen molar-refractivity contribution < 1.29 is 4.85 Å². The van der Waals surface area contributed by atoms with Crippen LogP contribution in [0.5, 0.6) is 0 Å². The molecule has 0 N–H and O–H groups in total. The molecule has 0 amide bonds. The lowest BCUT2D eigenvalue weighted by Gasteiger charge is -2.06. The van der Waals surface area contributed by atoms with Crippen LogP contribution in [0.3, 0.4) is 0 Å². The largest absolute Gasteiger partial charge is 0.594 e. The van der Waals surface area contributed by atoms with E-state index in [1.54, 1.807) is 12.4 Å². The van der Waals surface area contributed by atoms with Gasteiger partial charge in [0, 0.05) is 22.5 Å². The SMILES string of the molecule is CC(C)=C1[C@H]2C=C[C@@H]1c1c[n+]([O-])ncc12. The van der Waals surface area contributed by atoms with E-state index in [-0.39, 0.29) is 0 Å². The third-order valence-electron chi connectivity index (χ3n) is 3.31. The van der Waals surface area contributed by atoms with Gasteiger partial charge in [0.2, 0.25) is 6.20 Å². The number of rotatable bonds is 0. The molecule has 2 bridgehead atoms. The molecule has 3 rings (SSSR count). The van der Waals surface area contributed by atoms with E-state index in [2.05, 4.69) is 31.1 Å². The predicted molar refractivity (Wildman–Crippen MR) is 56.2 cm³/mol. The van der Waals surface area contributed by atoms with E-state index < -0.39 is 0 Å². The zero-order chi connectivity index (χ0) is 10.6. The number of aromatic nitrogens is 2. The van der Waals surface area contributed by atoms with Crippen LogP contribution in [0.1, 0.15) is 36.8 Å². The molecule has 2 atom stereocenters. The first-order valence-corrected chi connectivity index (χ1v) is 5.13. The van der Waals surface area contributed by atoms with Gasteiger partial charge in [-0.3, -0.25) is 0 Å². The van der Waals surface area contributed by atoms with Crippen LogP contribution in [0.2, 0.25) is 0 Å². The number of fused-ring (bicyclic) bond motifs is 5. The Kier molecular flexibility index (Phi) is 1.55. The number of hydrogen-bond acceptors (Lipinski definition) is 2. The molecule has 0 spiro atoms. The molecule has 3 heteroatoms. The van der Waals surface area contributed by atoms with Crippen molar-refractivity contribution in [2.75, 3.05) is 0 Å². The van der Waals surface area contributed by atoms with Gasteiger partial charge >= 0.3 is 0 Å². The molecule has 1 aromatic rings. The molecule has 0 fully saturated rings. The summed E-state index contributed by atoms with van der Waals surface area (Å²) in [4.78, 5) is 0.649. The van der Waals surface area contributed by atoms with Crippen molar-refractivity contribution in [3.8, 4) is 0 Å². The minimum Gasteiger partial charge on any atom is -0.594 e. The maximum atomic E-state index is 11.1. The lowest BCUT2D eigenvalue weighted by molar-refractivity contribution is -0.669. The molecule has 1 aromatic heterocycles. The summed E-state index contributed by atoms with van der Waals surface area (Å²) < 4.78 is 0. The van der Waals surface area contributed by atoms with Gasteiger partial charge in [-0.05, 0) is 25.0 Å². The third kappa shape index (κ3) is 1.00. The molecule has 3 nitrogen and oxygen atoms in total. The fourth-order valence-corrected chi connectivity index (χ4v) is 2.73. The highest BCUT2D eigenvalue weighted by Crippen LogP contribution is 2.52. The van der Waals surface area contributed by atoms with E-state index in [0.717, 1.165) is 5.56 Å². The minimum atomic E-state index is 0.318. The molecule has 2 aliphatic carbocycles. The highest BCUT2D eigenvalue weighted by molar-refractivity contribution is 5.58. The minimum absolute atomic E-state index is 0.318. The first kappa shape index (κ1) is 8.65. The van der Waals surface area contributed by atoms with Crippen molar-refractivity contribution in [3.63, 3.8) is 0 Å². The van der Waals surface area contributed by atoms with Gasteiger partial charge < -0.3 is 5.21 Å². The zero-order valence-electron chi connectivity index (χ0n) is 8.77. The van der Waals surface area contributed by atoms with Crippen molar-refractivity contribution >= 4 is 0 Å². The number of nitrogens with zero attached hydrogens (tertiary/aromatic N) is 2. The van der Waals surface area contributed by atoms with E-state index in [4.69, 9.17) is 0 Å². The molecule has 0 radical (unpaired) electrons. The first-order valence-electron chi connectivity index (χ1n) is 5.13. The lowest BCUT2D eigenvalue weighted by Crippen LogP contribution is -2.31. The van der Waals surface area contributed by atoms with Gasteiger partial charge in [-0.25, -0.2) is 0 Å². The average molecular weight is 200 g/mol. The van der Waals surface area contributed by atoms with Crippen molar-refractivity contribution in [1.29, 1.82) is 0 Å². The van der Waals surface area contributed by atoms with Crippen molar-refractivity contribution in [2.24, 2.45) is 0 Å². The summed E-state index contributed by atoms with van der Waals surface area (Å²) >= 11 is 0. The van der Waals surface area contributed by atoms with Gasteiger partial charge in [-0.2, -0.15) is 0 Å². The maximum Gasteiger partial charge on any atom is 0.214 e. The van der Waals surface area contributed by atoms with Gasteiger partial charge in [-0.15, -0.1) is 0 Å². The molecule has 0 unspecified atom stereocenters. The van der Waals surface area contributed by atoms with Crippen molar-refractivity contribution in [1.82, 2.24) is 5.10 Å². The third-order valence-corrected chi connectivity index (χ3v) is 3.31. The smallest absolute Gasteiger partial charge is 0.214 e. The quantitative estimate of drug-likeness (QED) is 0.364. The highest BCUT2D eigenvalue weighted by Gasteiger charge is 2.39. The Morgan fingerprint density at radius 2 is 1.93 bits per heavy atom. The molecule has 2 aliphatic rings. The van der Waals surface area contributed by atoms with E-state index in [1.807, 2.05) is 0 Å². The molecular weight excluding hydrogens is 188 g/mol. The first-order chi connectivity index (χ1) is 7.18. The molecule has 0 saturated carbocycles. The molecule has 0 aromatic carbocycles. The Hall–Kier alpha value is -1.64. The highest BCUT2D eigenvalue weighted by atomic mass is 16.5. The van der Waals surface area contributed by atoms with E-state index >= 15 is 0 Å². The normalized spacial score (nSPS) is 25.9. The zero-order valence-corrected chi connectivity index (χ0v) is 8.77. The van der Waals surface area contributed by atoms with Gasteiger partial charge in [0.05, 0.1) is 0 Å². The van der Waals surface area contributed by atoms with E-state index in [9.17, 15) is 5.21 Å². The Balaban J connectivity index is 2.24. The van der Waals surface area contributed by atoms with Gasteiger partial charge in [-0.1, -0.05) is 22.6 Å². The Bertz CT molecular complexity index is 498. The summed E-state index contributed by atoms with van der Waals surface area (Å²) in [7, 11) is 0. The molecule has 15 heavy (non-hydrogen) atoms. The van der Waals surface area contributed by atoms with Gasteiger partial charge in [0.15, 0.2) is 0 Å². The van der Waals surface area contributed by atoms with Crippen LogP contribution in [0.15, 0.2) is 35.7 Å². The van der Waals surface area contributed by atoms with Crippen molar-refractivity contribution in [2.45, 2.75) is 25.7 Å². The Labute approximate surface area is 88.3 Å². The van der Waals surface area contributed by atoms with Crippen molar-refractivity contribution in [3.05, 3.63) is 52.0 Å². The monoisotopic (exact) mass is 200 g/mol. The second-order valence-corrected chi connectivity index (χ2v) is 4.38. The van der Waals surface area contributed by atoms with E-state index in [0.29, 0.717) is 16.7 Å². The number of hydrogen-bond donors (Lipinski definition) is 0. The average Bonchev–Trinajstić information content (AvgIpc) is 2.72. The maximum absolute atomic E-state index is 11.1. The molecular formula is C12H12N2O. The summed E-state index contributed by atoms with van der Waals surface area (Å²) in [6.45, 7) is 4.26. The topological polar surface area (TPSA) is 39.8 Å². The fraction of sp³-hybridized carbons (Fsp3) is 0.333. The predicted octanol–water partition coefficient (Wildman–Crippen LogP) is 1.80. The van der Waals surface area contributed by atoms with Crippen LogP contribution in [0.4, 0.5) is 0 Å². The molecule has 0 saturated heterocycles. The standard InChI is InChI=1S/C12H12N2O/c1-7(2)12-8-3-4-9(12)11-6-14(15)13-5-10(8)11/h3-6,8-9H,1-2H3/t8-,9+/m0/s1. The Morgan fingerprint density at radius 3 is 2.60 bits per heavy atom. The van der Waals surface area contributed by atoms with Gasteiger partial charge in [0.1, 0.15) is 6.20 Å².